The van der Waals surface area contributed by atoms with Gasteiger partial charge >= 0.3 is 7.12 Å². The van der Waals surface area contributed by atoms with Crippen LogP contribution in [0.4, 0.5) is 0 Å². The molecular formula is C14H14BNO3S. The third-order valence-corrected chi connectivity index (χ3v) is 4.57. The van der Waals surface area contributed by atoms with Crippen LogP contribution in [0.3, 0.4) is 0 Å². The van der Waals surface area contributed by atoms with Gasteiger partial charge in [-0.3, -0.25) is 5.32 Å². The zero-order valence-corrected chi connectivity index (χ0v) is 11.9. The largest absolute Gasteiger partial charge is 0.499 e. The third kappa shape index (κ3) is 1.80. The van der Waals surface area contributed by atoms with E-state index < -0.39 is 0 Å². The standard InChI is InChI=1S/C14H14BNO3S/c1-16-14-12-9(11-3-2-8-20-11)4-5-10-13(12)15(19-14)18-7-6-17-10/h2-5,8,14,16H,6-7H2,1H3/t14-/m0/s1. The van der Waals surface area contributed by atoms with Gasteiger partial charge in [0.25, 0.3) is 0 Å². The van der Waals surface area contributed by atoms with Crippen LogP contribution in [-0.2, 0) is 9.31 Å². The van der Waals surface area contributed by atoms with Gasteiger partial charge in [-0.1, -0.05) is 6.07 Å². The Labute approximate surface area is 121 Å². The molecule has 0 fully saturated rings. The molecule has 1 aromatic heterocycles. The topological polar surface area (TPSA) is 39.7 Å². The molecule has 2 aromatic rings. The Morgan fingerprint density at radius 2 is 2.25 bits per heavy atom. The number of thiophene rings is 1. The lowest BCUT2D eigenvalue weighted by atomic mass is 9.76. The number of hydrogen-bond acceptors (Lipinski definition) is 5. The summed E-state index contributed by atoms with van der Waals surface area (Å²) in [4.78, 5) is 1.23. The minimum atomic E-state index is -0.333. The van der Waals surface area contributed by atoms with Crippen molar-refractivity contribution in [1.29, 1.82) is 0 Å². The Morgan fingerprint density at radius 3 is 3.05 bits per heavy atom. The first-order valence-electron chi connectivity index (χ1n) is 6.66. The van der Waals surface area contributed by atoms with Gasteiger partial charge in [0.1, 0.15) is 18.6 Å². The number of hydrogen-bond donors (Lipinski definition) is 1. The van der Waals surface area contributed by atoms with Gasteiger partial charge in [0, 0.05) is 15.9 Å². The van der Waals surface area contributed by atoms with E-state index in [1.807, 2.05) is 13.1 Å². The Hall–Kier alpha value is -1.34. The molecule has 1 aromatic carbocycles. The van der Waals surface area contributed by atoms with Crippen molar-refractivity contribution < 1.29 is 14.0 Å². The summed E-state index contributed by atoms with van der Waals surface area (Å²) < 4.78 is 17.5. The van der Waals surface area contributed by atoms with Gasteiger partial charge in [-0.2, -0.15) is 0 Å². The maximum absolute atomic E-state index is 5.97. The lowest BCUT2D eigenvalue weighted by Crippen LogP contribution is -2.31. The number of rotatable bonds is 2. The highest BCUT2D eigenvalue weighted by Gasteiger charge is 2.42. The van der Waals surface area contributed by atoms with Crippen LogP contribution >= 0.6 is 11.3 Å². The van der Waals surface area contributed by atoms with Crippen LogP contribution in [0, 0.1) is 0 Å². The molecule has 1 atom stereocenters. The minimum Gasteiger partial charge on any atom is -0.492 e. The van der Waals surface area contributed by atoms with Crippen molar-refractivity contribution in [2.24, 2.45) is 0 Å². The molecule has 0 saturated heterocycles. The summed E-state index contributed by atoms with van der Waals surface area (Å²) in [5, 5.41) is 5.29. The molecule has 0 amide bonds. The van der Waals surface area contributed by atoms with Crippen LogP contribution in [0.15, 0.2) is 29.6 Å². The highest BCUT2D eigenvalue weighted by molar-refractivity contribution is 7.13. The van der Waals surface area contributed by atoms with Gasteiger partial charge in [-0.05, 0) is 36.2 Å². The Kier molecular flexibility index (Phi) is 3.04. The Balaban J connectivity index is 1.94. The van der Waals surface area contributed by atoms with E-state index in [9.17, 15) is 0 Å². The van der Waals surface area contributed by atoms with Crippen molar-refractivity contribution in [2.75, 3.05) is 20.3 Å². The molecule has 102 valence electrons. The SMILES string of the molecule is CN[C@H]1OB2OCCOc3ccc(-c4cccs4)c1c32. The fourth-order valence-corrected chi connectivity index (χ4v) is 3.58. The lowest BCUT2D eigenvalue weighted by molar-refractivity contribution is 0.128. The van der Waals surface area contributed by atoms with Crippen LogP contribution in [0.1, 0.15) is 11.8 Å². The van der Waals surface area contributed by atoms with Crippen LogP contribution in [0.25, 0.3) is 10.4 Å². The molecule has 3 heterocycles. The number of ether oxygens (including phenoxy) is 1. The summed E-state index contributed by atoms with van der Waals surface area (Å²) >= 11 is 1.73. The van der Waals surface area contributed by atoms with E-state index in [2.05, 4.69) is 28.9 Å². The van der Waals surface area contributed by atoms with E-state index in [-0.39, 0.29) is 13.3 Å². The molecule has 20 heavy (non-hydrogen) atoms. The second-order valence-corrected chi connectivity index (χ2v) is 5.72. The summed E-state index contributed by atoms with van der Waals surface area (Å²) in [6.07, 6.45) is -0.159. The van der Waals surface area contributed by atoms with E-state index >= 15 is 0 Å². The molecule has 2 aliphatic heterocycles. The maximum atomic E-state index is 5.97. The third-order valence-electron chi connectivity index (χ3n) is 3.66. The van der Waals surface area contributed by atoms with Crippen LogP contribution in [-0.4, -0.2) is 27.4 Å². The zero-order chi connectivity index (χ0) is 13.5. The quantitative estimate of drug-likeness (QED) is 0.855. The van der Waals surface area contributed by atoms with E-state index in [4.69, 9.17) is 14.0 Å². The predicted molar refractivity (Wildman–Crippen MR) is 79.5 cm³/mol. The summed E-state index contributed by atoms with van der Waals surface area (Å²) in [7, 11) is 1.56. The molecule has 0 aliphatic carbocycles. The molecule has 0 unspecified atom stereocenters. The summed E-state index contributed by atoms with van der Waals surface area (Å²) in [6, 6.07) is 8.33. The van der Waals surface area contributed by atoms with Gasteiger partial charge < -0.3 is 14.0 Å². The summed E-state index contributed by atoms with van der Waals surface area (Å²) in [5.41, 5.74) is 3.36. The average molecular weight is 287 g/mol. The van der Waals surface area contributed by atoms with Gasteiger partial charge in [0.05, 0.1) is 6.61 Å². The fourth-order valence-electron chi connectivity index (χ4n) is 2.82. The van der Waals surface area contributed by atoms with E-state index in [0.717, 1.165) is 16.8 Å². The predicted octanol–water partition coefficient (Wildman–Crippen LogP) is 1.77. The van der Waals surface area contributed by atoms with Gasteiger partial charge in [-0.15, -0.1) is 11.3 Å². The van der Waals surface area contributed by atoms with Crippen LogP contribution < -0.4 is 15.5 Å². The van der Waals surface area contributed by atoms with Crippen molar-refractivity contribution in [3.63, 3.8) is 0 Å². The normalized spacial score (nSPS) is 20.4. The molecule has 0 radical (unpaired) electrons. The molecule has 4 nitrogen and oxygen atoms in total. The lowest BCUT2D eigenvalue weighted by Gasteiger charge is -2.16. The first-order chi connectivity index (χ1) is 9.88. The Morgan fingerprint density at radius 1 is 1.30 bits per heavy atom. The molecule has 0 spiro atoms. The smallest absolute Gasteiger partial charge is 0.492 e. The number of benzene rings is 1. The second kappa shape index (κ2) is 4.89. The van der Waals surface area contributed by atoms with E-state index in [0.29, 0.717) is 13.2 Å². The fraction of sp³-hybridized carbons (Fsp3) is 0.286. The minimum absolute atomic E-state index is 0.159. The van der Waals surface area contributed by atoms with Crippen molar-refractivity contribution in [1.82, 2.24) is 5.32 Å². The van der Waals surface area contributed by atoms with Crippen LogP contribution in [0.2, 0.25) is 0 Å². The second-order valence-electron chi connectivity index (χ2n) is 4.77. The summed E-state index contributed by atoms with van der Waals surface area (Å²) in [5.74, 6) is 0.876. The monoisotopic (exact) mass is 287 g/mol. The van der Waals surface area contributed by atoms with Crippen molar-refractivity contribution in [3.8, 4) is 16.2 Å². The molecule has 1 N–H and O–H groups in total. The van der Waals surface area contributed by atoms with E-state index in [1.54, 1.807) is 11.3 Å². The molecule has 0 saturated carbocycles. The van der Waals surface area contributed by atoms with Gasteiger partial charge in [0.2, 0.25) is 0 Å². The first-order valence-corrected chi connectivity index (χ1v) is 7.54. The summed E-state index contributed by atoms with van der Waals surface area (Å²) in [6.45, 7) is 1.11. The molecule has 6 heteroatoms. The van der Waals surface area contributed by atoms with Crippen molar-refractivity contribution >= 4 is 23.9 Å². The maximum Gasteiger partial charge on any atom is 0.499 e. The van der Waals surface area contributed by atoms with Gasteiger partial charge in [-0.25, -0.2) is 0 Å². The van der Waals surface area contributed by atoms with Gasteiger partial charge in [0.15, 0.2) is 0 Å². The zero-order valence-electron chi connectivity index (χ0n) is 11.1. The number of nitrogens with one attached hydrogen (secondary N) is 1. The average Bonchev–Trinajstić information content (AvgIpc) is 3.07. The van der Waals surface area contributed by atoms with E-state index in [1.165, 1.54) is 10.4 Å². The highest BCUT2D eigenvalue weighted by atomic mass is 32.1. The Bertz CT molecular complexity index is 632. The molecule has 0 bridgehead atoms. The first kappa shape index (κ1) is 12.4. The molecular weight excluding hydrogens is 273 g/mol. The van der Waals surface area contributed by atoms with Crippen molar-refractivity contribution in [3.05, 3.63) is 35.2 Å². The van der Waals surface area contributed by atoms with Crippen molar-refractivity contribution in [2.45, 2.75) is 6.23 Å². The highest BCUT2D eigenvalue weighted by Crippen LogP contribution is 2.37. The molecule has 4 rings (SSSR count). The molecule has 2 aliphatic rings. The van der Waals surface area contributed by atoms with Crippen LogP contribution in [0.5, 0.6) is 5.75 Å².